The smallest absolute Gasteiger partial charge is 0.0710 e. The Morgan fingerprint density at radius 3 is 2.92 bits per heavy atom. The first kappa shape index (κ1) is 9.55. The van der Waals surface area contributed by atoms with Crippen LogP contribution in [0.25, 0.3) is 10.1 Å². The zero-order chi connectivity index (χ0) is 9.42. The van der Waals surface area contributed by atoms with Crippen LogP contribution >= 0.6 is 45.5 Å². The third kappa shape index (κ3) is 1.65. The van der Waals surface area contributed by atoms with Crippen molar-refractivity contribution in [3.63, 3.8) is 0 Å². The predicted molar refractivity (Wildman–Crippen MR) is 68.5 cm³/mol. The number of anilines is 1. The molecule has 2 rings (SSSR count). The highest BCUT2D eigenvalue weighted by molar-refractivity contribution is 14.1. The molecule has 0 amide bonds. The van der Waals surface area contributed by atoms with E-state index in [9.17, 15) is 0 Å². The zero-order valence-electron chi connectivity index (χ0n) is 6.68. The normalized spacial score (nSPS) is 10.9. The fourth-order valence-corrected chi connectivity index (χ4v) is 4.03. The molecule has 0 aliphatic heterocycles. The molecule has 0 unspecified atom stereocenters. The number of hydrogen-bond acceptors (Lipinski definition) is 2. The summed E-state index contributed by atoms with van der Waals surface area (Å²) in [4.78, 5) is 0. The molecular weight excluding hydrogens is 317 g/mol. The molecule has 1 nitrogen and oxygen atoms in total. The van der Waals surface area contributed by atoms with Gasteiger partial charge >= 0.3 is 0 Å². The van der Waals surface area contributed by atoms with Crippen molar-refractivity contribution in [3.8, 4) is 0 Å². The van der Waals surface area contributed by atoms with E-state index in [0.29, 0.717) is 5.88 Å². The maximum atomic E-state index is 5.86. The van der Waals surface area contributed by atoms with E-state index in [2.05, 4.69) is 22.6 Å². The molecule has 1 aromatic carbocycles. The maximum absolute atomic E-state index is 5.86. The number of rotatable bonds is 1. The van der Waals surface area contributed by atoms with Gasteiger partial charge in [-0.05, 0) is 45.7 Å². The molecular formula is C9H7ClINS. The molecule has 0 aliphatic rings. The molecule has 2 aromatic rings. The lowest BCUT2D eigenvalue weighted by molar-refractivity contribution is 1.47. The second kappa shape index (κ2) is 3.63. The van der Waals surface area contributed by atoms with Gasteiger partial charge in [-0.3, -0.25) is 0 Å². The summed E-state index contributed by atoms with van der Waals surface area (Å²) in [5.74, 6) is 0.572. The summed E-state index contributed by atoms with van der Waals surface area (Å²) >= 11 is 9.92. The summed E-state index contributed by atoms with van der Waals surface area (Å²) in [5.41, 5.74) is 7.73. The molecule has 0 spiro atoms. The Morgan fingerprint density at radius 2 is 2.23 bits per heavy atom. The number of benzene rings is 1. The monoisotopic (exact) mass is 323 g/mol. The average molecular weight is 324 g/mol. The van der Waals surface area contributed by atoms with Crippen molar-refractivity contribution in [1.82, 2.24) is 0 Å². The van der Waals surface area contributed by atoms with Gasteiger partial charge in [0.25, 0.3) is 0 Å². The van der Waals surface area contributed by atoms with Crippen LogP contribution in [0.3, 0.4) is 0 Å². The Labute approximate surface area is 99.0 Å². The first-order valence-corrected chi connectivity index (χ1v) is 6.17. The number of fused-ring (bicyclic) bond motifs is 1. The summed E-state index contributed by atoms with van der Waals surface area (Å²) in [5, 5.41) is 1.23. The highest BCUT2D eigenvalue weighted by Crippen LogP contribution is 2.34. The Morgan fingerprint density at radius 1 is 1.46 bits per heavy atom. The minimum atomic E-state index is 0.572. The summed E-state index contributed by atoms with van der Waals surface area (Å²) < 4.78 is 2.48. The van der Waals surface area contributed by atoms with Crippen LogP contribution in [0.4, 0.5) is 5.69 Å². The van der Waals surface area contributed by atoms with Gasteiger partial charge in [-0.25, -0.2) is 0 Å². The van der Waals surface area contributed by atoms with E-state index in [4.69, 9.17) is 17.3 Å². The molecule has 1 heterocycles. The van der Waals surface area contributed by atoms with E-state index >= 15 is 0 Å². The molecule has 0 aliphatic carbocycles. The summed E-state index contributed by atoms with van der Waals surface area (Å²) in [6, 6.07) is 5.96. The van der Waals surface area contributed by atoms with Crippen molar-refractivity contribution in [2.24, 2.45) is 0 Å². The van der Waals surface area contributed by atoms with Crippen LogP contribution in [0.2, 0.25) is 0 Å². The Kier molecular flexibility index (Phi) is 2.67. The fourth-order valence-electron chi connectivity index (χ4n) is 1.26. The Bertz CT molecular complexity index is 452. The predicted octanol–water partition coefficient (Wildman–Crippen LogP) is 3.83. The van der Waals surface area contributed by atoms with Gasteiger partial charge in [0.15, 0.2) is 0 Å². The SMILES string of the molecule is Nc1ccc2c(CCl)c(I)sc2c1. The maximum Gasteiger partial charge on any atom is 0.0710 e. The van der Waals surface area contributed by atoms with E-state index in [1.165, 1.54) is 18.5 Å². The van der Waals surface area contributed by atoms with E-state index in [1.54, 1.807) is 11.3 Å². The van der Waals surface area contributed by atoms with Crippen molar-refractivity contribution in [1.29, 1.82) is 0 Å². The van der Waals surface area contributed by atoms with Crippen LogP contribution < -0.4 is 5.73 Å². The van der Waals surface area contributed by atoms with Gasteiger partial charge in [0.2, 0.25) is 0 Å². The lowest BCUT2D eigenvalue weighted by Gasteiger charge is -1.94. The topological polar surface area (TPSA) is 26.0 Å². The van der Waals surface area contributed by atoms with Crippen molar-refractivity contribution in [2.75, 3.05) is 5.73 Å². The number of thiophene rings is 1. The van der Waals surface area contributed by atoms with Gasteiger partial charge < -0.3 is 5.73 Å². The van der Waals surface area contributed by atoms with Crippen LogP contribution in [0.15, 0.2) is 18.2 Å². The third-order valence-electron chi connectivity index (χ3n) is 1.90. The van der Waals surface area contributed by atoms with Crippen molar-refractivity contribution in [2.45, 2.75) is 5.88 Å². The summed E-state index contributed by atoms with van der Waals surface area (Å²) in [7, 11) is 0. The highest BCUT2D eigenvalue weighted by atomic mass is 127. The molecule has 0 radical (unpaired) electrons. The lowest BCUT2D eigenvalue weighted by Crippen LogP contribution is -1.82. The molecule has 13 heavy (non-hydrogen) atoms. The minimum Gasteiger partial charge on any atom is -0.399 e. The third-order valence-corrected chi connectivity index (χ3v) is 4.46. The van der Waals surface area contributed by atoms with Gasteiger partial charge in [0.1, 0.15) is 0 Å². The van der Waals surface area contributed by atoms with Gasteiger partial charge in [-0.15, -0.1) is 22.9 Å². The first-order valence-electron chi connectivity index (χ1n) is 3.74. The first-order chi connectivity index (χ1) is 6.22. The van der Waals surface area contributed by atoms with E-state index in [-0.39, 0.29) is 0 Å². The number of alkyl halides is 1. The molecule has 0 fully saturated rings. The van der Waals surface area contributed by atoms with Crippen LogP contribution in [0.5, 0.6) is 0 Å². The molecule has 0 saturated heterocycles. The fraction of sp³-hybridized carbons (Fsp3) is 0.111. The number of hydrogen-bond donors (Lipinski definition) is 1. The van der Waals surface area contributed by atoms with Gasteiger partial charge in [-0.2, -0.15) is 0 Å². The molecule has 1 aromatic heterocycles. The van der Waals surface area contributed by atoms with Crippen molar-refractivity contribution < 1.29 is 0 Å². The van der Waals surface area contributed by atoms with Gasteiger partial charge in [0, 0.05) is 16.3 Å². The quantitative estimate of drug-likeness (QED) is 0.482. The van der Waals surface area contributed by atoms with Crippen LogP contribution in [0.1, 0.15) is 5.56 Å². The zero-order valence-corrected chi connectivity index (χ0v) is 10.4. The highest BCUT2D eigenvalue weighted by Gasteiger charge is 2.08. The Balaban J connectivity index is 2.79. The molecule has 2 N–H and O–H groups in total. The summed E-state index contributed by atoms with van der Waals surface area (Å²) in [6.45, 7) is 0. The standard InChI is InChI=1S/C9H7ClINS/c10-4-7-6-2-1-5(12)3-8(6)13-9(7)11/h1-3H,4,12H2. The summed E-state index contributed by atoms with van der Waals surface area (Å²) in [6.07, 6.45) is 0. The van der Waals surface area contributed by atoms with Gasteiger partial charge in [-0.1, -0.05) is 6.07 Å². The molecule has 0 saturated carbocycles. The second-order valence-corrected chi connectivity index (χ2v) is 5.87. The van der Waals surface area contributed by atoms with Crippen molar-refractivity contribution in [3.05, 3.63) is 26.6 Å². The Hall–Kier alpha value is -0.000000000000000111. The molecule has 0 bridgehead atoms. The largest absolute Gasteiger partial charge is 0.399 e. The van der Waals surface area contributed by atoms with Crippen molar-refractivity contribution >= 4 is 61.3 Å². The number of halogens is 2. The van der Waals surface area contributed by atoms with Gasteiger partial charge in [0.05, 0.1) is 2.88 Å². The van der Waals surface area contributed by atoms with E-state index < -0.39 is 0 Å². The van der Waals surface area contributed by atoms with Crippen LogP contribution in [-0.4, -0.2) is 0 Å². The molecule has 4 heteroatoms. The number of nitrogen functional groups attached to an aromatic ring is 1. The van der Waals surface area contributed by atoms with E-state index in [0.717, 1.165) is 5.69 Å². The number of nitrogens with two attached hydrogens (primary N) is 1. The van der Waals surface area contributed by atoms with E-state index in [1.807, 2.05) is 18.2 Å². The second-order valence-electron chi connectivity index (χ2n) is 2.74. The van der Waals surface area contributed by atoms with Crippen LogP contribution in [0, 0.1) is 2.88 Å². The average Bonchev–Trinajstić information content (AvgIpc) is 2.39. The lowest BCUT2D eigenvalue weighted by atomic mass is 10.2. The molecule has 68 valence electrons. The minimum absolute atomic E-state index is 0.572. The van der Waals surface area contributed by atoms with Crippen LogP contribution in [-0.2, 0) is 5.88 Å². The molecule has 0 atom stereocenters.